The lowest BCUT2D eigenvalue weighted by Gasteiger charge is -2.21. The van der Waals surface area contributed by atoms with E-state index in [1.54, 1.807) is 0 Å². The van der Waals surface area contributed by atoms with E-state index in [1.165, 1.54) is 0 Å². The maximum atomic E-state index is 11.7. The number of nitrogens with one attached hydrogen (secondary N) is 1. The van der Waals surface area contributed by atoms with Gasteiger partial charge in [-0.2, -0.15) is 14.0 Å². The van der Waals surface area contributed by atoms with Crippen LogP contribution in [0.5, 0.6) is 0 Å². The summed E-state index contributed by atoms with van der Waals surface area (Å²) in [4.78, 5) is 11.7. The number of benzene rings is 1. The number of carboxylic acid groups (broad SMARTS) is 1. The van der Waals surface area contributed by atoms with E-state index in [0.717, 1.165) is 34.7 Å². The fourth-order valence-corrected chi connectivity index (χ4v) is 3.38. The maximum absolute atomic E-state index is 11.7. The van der Waals surface area contributed by atoms with Gasteiger partial charge in [-0.3, -0.25) is 4.79 Å². The highest BCUT2D eigenvalue weighted by atomic mass is 32.1. The molecule has 3 aromatic rings. The van der Waals surface area contributed by atoms with Crippen LogP contribution in [0.4, 0.5) is 0 Å². The molecule has 120 valence electrons. The molecule has 2 heterocycles. The molecular formula is C14H16N6O2S. The molecule has 0 aliphatic carbocycles. The van der Waals surface area contributed by atoms with Gasteiger partial charge in [-0.1, -0.05) is 30.7 Å². The highest BCUT2D eigenvalue weighted by Crippen LogP contribution is 2.31. The fourth-order valence-electron chi connectivity index (χ4n) is 2.81. The lowest BCUT2D eigenvalue weighted by molar-refractivity contribution is -0.142. The summed E-state index contributed by atoms with van der Waals surface area (Å²) < 4.78 is 8.55. The van der Waals surface area contributed by atoms with Gasteiger partial charge in [0.15, 0.2) is 5.82 Å². The van der Waals surface area contributed by atoms with Gasteiger partial charge >= 0.3 is 5.97 Å². The molecule has 0 aliphatic heterocycles. The summed E-state index contributed by atoms with van der Waals surface area (Å²) in [5.41, 5.74) is 2.58. The summed E-state index contributed by atoms with van der Waals surface area (Å²) in [7, 11) is 0. The van der Waals surface area contributed by atoms with Crippen molar-refractivity contribution in [2.45, 2.75) is 32.1 Å². The first-order valence-electron chi connectivity index (χ1n) is 7.37. The molecule has 2 aromatic heterocycles. The standard InChI is InChI=1S/C14H16N6O2S/c1-2-4-9(14(21)22)10(13-15-19-20-16-13)7-8-5-3-6-11-12(8)18-23-17-11/h3,5-6,9-10H,2,4,7H2,1H3,(H,21,22)(H,15,16,19,20)/t9-,10-/m0/s1. The number of hydrogen-bond acceptors (Lipinski definition) is 7. The van der Waals surface area contributed by atoms with E-state index in [9.17, 15) is 9.90 Å². The number of nitrogens with zero attached hydrogens (tertiary/aromatic N) is 5. The number of aromatic amines is 1. The van der Waals surface area contributed by atoms with E-state index in [0.29, 0.717) is 18.7 Å². The smallest absolute Gasteiger partial charge is 0.307 e. The second-order valence-electron chi connectivity index (χ2n) is 5.36. The van der Waals surface area contributed by atoms with Crippen LogP contribution in [0.2, 0.25) is 0 Å². The van der Waals surface area contributed by atoms with Crippen molar-refractivity contribution >= 4 is 28.7 Å². The van der Waals surface area contributed by atoms with E-state index in [2.05, 4.69) is 29.4 Å². The highest BCUT2D eigenvalue weighted by Gasteiger charge is 2.32. The minimum Gasteiger partial charge on any atom is -0.481 e. The van der Waals surface area contributed by atoms with Crippen LogP contribution < -0.4 is 0 Å². The highest BCUT2D eigenvalue weighted by molar-refractivity contribution is 7.00. The Labute approximate surface area is 136 Å². The summed E-state index contributed by atoms with van der Waals surface area (Å²) in [6.45, 7) is 1.97. The van der Waals surface area contributed by atoms with E-state index < -0.39 is 11.9 Å². The number of carboxylic acids is 1. The Morgan fingerprint density at radius 2 is 2.26 bits per heavy atom. The van der Waals surface area contributed by atoms with Crippen molar-refractivity contribution in [3.05, 3.63) is 29.6 Å². The molecule has 0 aliphatic rings. The van der Waals surface area contributed by atoms with E-state index in [1.807, 2.05) is 25.1 Å². The lowest BCUT2D eigenvalue weighted by atomic mass is 9.83. The quantitative estimate of drug-likeness (QED) is 0.679. The number of rotatable bonds is 7. The molecular weight excluding hydrogens is 316 g/mol. The van der Waals surface area contributed by atoms with Gasteiger partial charge < -0.3 is 5.11 Å². The molecule has 3 rings (SSSR count). The zero-order valence-electron chi connectivity index (χ0n) is 12.5. The minimum absolute atomic E-state index is 0.363. The molecule has 0 saturated heterocycles. The summed E-state index contributed by atoms with van der Waals surface area (Å²) in [6.07, 6.45) is 1.81. The first-order chi connectivity index (χ1) is 11.2. The van der Waals surface area contributed by atoms with Crippen molar-refractivity contribution in [1.82, 2.24) is 29.4 Å². The van der Waals surface area contributed by atoms with Crippen molar-refractivity contribution in [3.63, 3.8) is 0 Å². The predicted octanol–water partition coefficient (Wildman–Crippen LogP) is 2.03. The van der Waals surface area contributed by atoms with Crippen LogP contribution in [0.25, 0.3) is 11.0 Å². The van der Waals surface area contributed by atoms with Gasteiger partial charge in [-0.05, 0) is 24.5 Å². The van der Waals surface area contributed by atoms with Crippen molar-refractivity contribution in [2.75, 3.05) is 0 Å². The second kappa shape index (κ2) is 6.78. The molecule has 8 nitrogen and oxygen atoms in total. The first kappa shape index (κ1) is 15.5. The third-order valence-corrected chi connectivity index (χ3v) is 4.45. The average molecular weight is 332 g/mol. The SMILES string of the molecule is CCC[C@H](C(=O)O)[C@H](Cc1cccc2nsnc12)c1nn[nH]n1. The Kier molecular flexibility index (Phi) is 4.56. The number of H-pyrrole nitrogens is 1. The number of aliphatic carboxylic acids is 1. The van der Waals surface area contributed by atoms with Crippen molar-refractivity contribution in [3.8, 4) is 0 Å². The third-order valence-electron chi connectivity index (χ3n) is 3.91. The average Bonchev–Trinajstić information content (AvgIpc) is 3.21. The van der Waals surface area contributed by atoms with Crippen LogP contribution in [0.1, 0.15) is 37.1 Å². The van der Waals surface area contributed by atoms with Crippen LogP contribution >= 0.6 is 11.7 Å². The van der Waals surface area contributed by atoms with Crippen molar-refractivity contribution < 1.29 is 9.90 Å². The fraction of sp³-hybridized carbons (Fsp3) is 0.429. The van der Waals surface area contributed by atoms with E-state index in [4.69, 9.17) is 0 Å². The lowest BCUT2D eigenvalue weighted by Crippen LogP contribution is -2.25. The molecule has 0 spiro atoms. The molecule has 23 heavy (non-hydrogen) atoms. The molecule has 0 radical (unpaired) electrons. The first-order valence-corrected chi connectivity index (χ1v) is 8.10. The van der Waals surface area contributed by atoms with Gasteiger partial charge in [0, 0.05) is 5.92 Å². The zero-order chi connectivity index (χ0) is 16.2. The number of aromatic nitrogens is 6. The van der Waals surface area contributed by atoms with Crippen molar-refractivity contribution in [2.24, 2.45) is 5.92 Å². The molecule has 9 heteroatoms. The number of tetrazole rings is 1. The monoisotopic (exact) mass is 332 g/mol. The summed E-state index contributed by atoms with van der Waals surface area (Å²) in [5.74, 6) is -1.35. The topological polar surface area (TPSA) is 118 Å². The number of carbonyl (C=O) groups is 1. The molecule has 0 bridgehead atoms. The Balaban J connectivity index is 1.98. The number of fused-ring (bicyclic) bond motifs is 1. The summed E-state index contributed by atoms with van der Waals surface area (Å²) in [6, 6.07) is 5.75. The van der Waals surface area contributed by atoms with Crippen LogP contribution in [0.15, 0.2) is 18.2 Å². The van der Waals surface area contributed by atoms with Gasteiger partial charge in [0.25, 0.3) is 0 Å². The minimum atomic E-state index is -0.842. The van der Waals surface area contributed by atoms with Gasteiger partial charge in [0.1, 0.15) is 11.0 Å². The maximum Gasteiger partial charge on any atom is 0.307 e. The van der Waals surface area contributed by atoms with Gasteiger partial charge in [0.2, 0.25) is 0 Å². The summed E-state index contributed by atoms with van der Waals surface area (Å²) in [5, 5.41) is 23.7. The molecule has 0 amide bonds. The van der Waals surface area contributed by atoms with Crippen LogP contribution in [0, 0.1) is 5.92 Å². The Morgan fingerprint density at radius 3 is 2.96 bits per heavy atom. The molecule has 2 N–H and O–H groups in total. The molecule has 2 atom stereocenters. The van der Waals surface area contributed by atoms with E-state index >= 15 is 0 Å². The van der Waals surface area contributed by atoms with Gasteiger partial charge in [-0.25, -0.2) is 0 Å². The Bertz CT molecular complexity index is 788. The van der Waals surface area contributed by atoms with Crippen LogP contribution in [0.3, 0.4) is 0 Å². The van der Waals surface area contributed by atoms with Crippen LogP contribution in [-0.2, 0) is 11.2 Å². The Morgan fingerprint density at radius 1 is 1.39 bits per heavy atom. The molecule has 0 saturated carbocycles. The van der Waals surface area contributed by atoms with Gasteiger partial charge in [0.05, 0.1) is 17.6 Å². The van der Waals surface area contributed by atoms with E-state index in [-0.39, 0.29) is 5.92 Å². The van der Waals surface area contributed by atoms with Crippen LogP contribution in [-0.4, -0.2) is 40.4 Å². The van der Waals surface area contributed by atoms with Gasteiger partial charge in [-0.15, -0.1) is 10.2 Å². The zero-order valence-corrected chi connectivity index (χ0v) is 13.3. The summed E-state index contributed by atoms with van der Waals surface area (Å²) >= 11 is 1.15. The normalized spacial score (nSPS) is 14.0. The third kappa shape index (κ3) is 3.19. The molecule has 1 aromatic carbocycles. The van der Waals surface area contributed by atoms with Crippen molar-refractivity contribution in [1.29, 1.82) is 0 Å². The Hall–Kier alpha value is -2.42. The predicted molar refractivity (Wildman–Crippen MR) is 84.1 cm³/mol. The number of hydrogen-bond donors (Lipinski definition) is 2. The largest absolute Gasteiger partial charge is 0.481 e. The molecule has 0 unspecified atom stereocenters. The molecule has 0 fully saturated rings. The second-order valence-corrected chi connectivity index (χ2v) is 5.89.